The van der Waals surface area contributed by atoms with Gasteiger partial charge >= 0.3 is 6.18 Å². The maximum Gasteiger partial charge on any atom is 0.417 e. The fourth-order valence-corrected chi connectivity index (χ4v) is 3.81. The first-order valence-electron chi connectivity index (χ1n) is 9.84. The molecule has 32 heavy (non-hydrogen) atoms. The normalized spacial score (nSPS) is 18.6. The van der Waals surface area contributed by atoms with E-state index in [9.17, 15) is 23.1 Å². The number of carbonyl (C=O) groups is 1. The van der Waals surface area contributed by atoms with E-state index in [4.69, 9.17) is 0 Å². The Morgan fingerprint density at radius 1 is 1.09 bits per heavy atom. The molecule has 2 atom stereocenters. The Balaban J connectivity index is 1.55. The minimum absolute atomic E-state index is 0.0527. The van der Waals surface area contributed by atoms with E-state index in [0.29, 0.717) is 19.3 Å². The van der Waals surface area contributed by atoms with Gasteiger partial charge in [-0.15, -0.1) is 0 Å². The quantitative estimate of drug-likeness (QED) is 0.642. The lowest BCUT2D eigenvalue weighted by molar-refractivity contribution is -0.137. The Hall–Kier alpha value is -3.53. The van der Waals surface area contributed by atoms with Gasteiger partial charge in [0.1, 0.15) is 6.33 Å². The molecule has 1 saturated heterocycles. The van der Waals surface area contributed by atoms with Crippen molar-refractivity contribution in [3.05, 3.63) is 77.6 Å². The molecule has 1 amide bonds. The van der Waals surface area contributed by atoms with Gasteiger partial charge in [-0.1, -0.05) is 6.07 Å². The van der Waals surface area contributed by atoms with E-state index in [2.05, 4.69) is 20.3 Å². The molecule has 3 heterocycles. The molecule has 0 aliphatic carbocycles. The van der Waals surface area contributed by atoms with Crippen molar-refractivity contribution < 1.29 is 23.1 Å². The van der Waals surface area contributed by atoms with E-state index in [-0.39, 0.29) is 17.2 Å². The molecule has 1 fully saturated rings. The Bertz CT molecular complexity index is 1120. The SMILES string of the molecule is Cc1ccc(C(=O)Nc2cncc(C(F)(F)F)c2)cc1[C@H]1CN(c2cncnc2)C[C@@H]1O. The smallest absolute Gasteiger partial charge is 0.391 e. The summed E-state index contributed by atoms with van der Waals surface area (Å²) in [6.07, 6.45) is 1.40. The molecule has 0 bridgehead atoms. The van der Waals surface area contributed by atoms with E-state index in [1.807, 2.05) is 11.8 Å². The Labute approximate surface area is 182 Å². The number of amides is 1. The monoisotopic (exact) mass is 443 g/mol. The lowest BCUT2D eigenvalue weighted by Gasteiger charge is -2.19. The summed E-state index contributed by atoms with van der Waals surface area (Å²) in [7, 11) is 0. The maximum absolute atomic E-state index is 12.9. The van der Waals surface area contributed by atoms with Crippen molar-refractivity contribution in [1.29, 1.82) is 0 Å². The molecule has 4 rings (SSSR count). The summed E-state index contributed by atoms with van der Waals surface area (Å²) >= 11 is 0. The number of rotatable bonds is 4. The second-order valence-electron chi connectivity index (χ2n) is 7.66. The lowest BCUT2D eigenvalue weighted by atomic mass is 9.90. The summed E-state index contributed by atoms with van der Waals surface area (Å²) < 4.78 is 38.7. The highest BCUT2D eigenvalue weighted by molar-refractivity contribution is 6.04. The predicted molar refractivity (Wildman–Crippen MR) is 111 cm³/mol. The molecule has 3 aromatic rings. The van der Waals surface area contributed by atoms with Gasteiger partial charge < -0.3 is 15.3 Å². The number of hydrogen-bond acceptors (Lipinski definition) is 6. The molecule has 10 heteroatoms. The zero-order valence-electron chi connectivity index (χ0n) is 17.0. The summed E-state index contributed by atoms with van der Waals surface area (Å²) in [5.41, 5.74) is 1.76. The summed E-state index contributed by atoms with van der Waals surface area (Å²) in [6, 6.07) is 5.86. The third-order valence-electron chi connectivity index (χ3n) is 5.47. The van der Waals surface area contributed by atoms with E-state index >= 15 is 0 Å². The molecule has 0 saturated carbocycles. The number of pyridine rings is 1. The fraction of sp³-hybridized carbons (Fsp3) is 0.273. The number of anilines is 2. The molecule has 2 aromatic heterocycles. The average Bonchev–Trinajstić information content (AvgIpc) is 3.15. The largest absolute Gasteiger partial charge is 0.417 e. The van der Waals surface area contributed by atoms with Crippen molar-refractivity contribution in [1.82, 2.24) is 15.0 Å². The Kier molecular flexibility index (Phi) is 5.79. The van der Waals surface area contributed by atoms with Crippen LogP contribution >= 0.6 is 0 Å². The standard InChI is InChI=1S/C22H20F3N5O2/c1-13-2-3-14(21(32)29-16-5-15(6-26-7-16)22(23,24)25)4-18(13)19-10-30(11-20(19)31)17-8-27-12-28-9-17/h2-9,12,19-20,31H,10-11H2,1H3,(H,29,32)/t19-,20+/m1/s1. The molecule has 1 aromatic carbocycles. The van der Waals surface area contributed by atoms with Crippen molar-refractivity contribution in [2.75, 3.05) is 23.3 Å². The maximum atomic E-state index is 12.9. The fourth-order valence-electron chi connectivity index (χ4n) is 3.81. The first-order valence-corrected chi connectivity index (χ1v) is 9.84. The molecule has 0 spiro atoms. The van der Waals surface area contributed by atoms with Gasteiger partial charge in [0.2, 0.25) is 0 Å². The number of aryl methyl sites for hydroxylation is 1. The van der Waals surface area contributed by atoms with Crippen LogP contribution in [0.25, 0.3) is 0 Å². The van der Waals surface area contributed by atoms with Crippen LogP contribution in [0.2, 0.25) is 0 Å². The van der Waals surface area contributed by atoms with Gasteiger partial charge in [-0.05, 0) is 36.2 Å². The van der Waals surface area contributed by atoms with Crippen LogP contribution in [0.1, 0.15) is 33.0 Å². The molecule has 0 unspecified atom stereocenters. The first kappa shape index (κ1) is 21.7. The van der Waals surface area contributed by atoms with E-state index in [0.717, 1.165) is 29.1 Å². The number of aliphatic hydroxyl groups is 1. The van der Waals surface area contributed by atoms with Crippen LogP contribution in [-0.2, 0) is 6.18 Å². The second kappa shape index (κ2) is 8.54. The Morgan fingerprint density at radius 2 is 1.84 bits per heavy atom. The van der Waals surface area contributed by atoms with Crippen LogP contribution in [-0.4, -0.2) is 45.2 Å². The van der Waals surface area contributed by atoms with Crippen LogP contribution in [0.4, 0.5) is 24.5 Å². The molecule has 7 nitrogen and oxygen atoms in total. The van der Waals surface area contributed by atoms with Crippen LogP contribution in [0.3, 0.4) is 0 Å². The van der Waals surface area contributed by atoms with Gasteiger partial charge in [-0.3, -0.25) is 9.78 Å². The highest BCUT2D eigenvalue weighted by atomic mass is 19.4. The molecule has 2 N–H and O–H groups in total. The average molecular weight is 443 g/mol. The number of aliphatic hydroxyl groups excluding tert-OH is 1. The summed E-state index contributed by atoms with van der Waals surface area (Å²) in [4.78, 5) is 26.2. The van der Waals surface area contributed by atoms with Crippen molar-refractivity contribution >= 4 is 17.3 Å². The molecule has 166 valence electrons. The minimum Gasteiger partial charge on any atom is -0.391 e. The summed E-state index contributed by atoms with van der Waals surface area (Å²) in [5, 5.41) is 13.1. The number of hydrogen-bond donors (Lipinski definition) is 2. The lowest BCUT2D eigenvalue weighted by Crippen LogP contribution is -2.21. The van der Waals surface area contributed by atoms with Gasteiger partial charge in [0.05, 0.1) is 41.6 Å². The second-order valence-corrected chi connectivity index (χ2v) is 7.66. The zero-order valence-corrected chi connectivity index (χ0v) is 17.0. The summed E-state index contributed by atoms with van der Waals surface area (Å²) in [6.45, 7) is 2.79. The molecule has 0 radical (unpaired) electrons. The number of nitrogens with zero attached hydrogens (tertiary/aromatic N) is 4. The van der Waals surface area contributed by atoms with Crippen LogP contribution in [0.15, 0.2) is 55.4 Å². The number of aromatic nitrogens is 3. The number of carbonyl (C=O) groups excluding carboxylic acids is 1. The number of nitrogens with one attached hydrogen (secondary N) is 1. The van der Waals surface area contributed by atoms with Gasteiger partial charge in [-0.2, -0.15) is 13.2 Å². The third-order valence-corrected chi connectivity index (χ3v) is 5.47. The van der Waals surface area contributed by atoms with Crippen LogP contribution in [0, 0.1) is 6.92 Å². The van der Waals surface area contributed by atoms with Gasteiger partial charge in [-0.25, -0.2) is 9.97 Å². The molecule has 1 aliphatic heterocycles. The highest BCUT2D eigenvalue weighted by Gasteiger charge is 2.34. The molecular formula is C22H20F3N5O2. The molecule has 1 aliphatic rings. The number of benzene rings is 1. The van der Waals surface area contributed by atoms with E-state index < -0.39 is 23.8 Å². The topological polar surface area (TPSA) is 91.2 Å². The van der Waals surface area contributed by atoms with Crippen molar-refractivity contribution in [2.45, 2.75) is 25.1 Å². The van der Waals surface area contributed by atoms with E-state index in [1.165, 1.54) is 6.33 Å². The number of β-amino-alcohol motifs (C(OH)–C–C–N with tert-alkyl or cyclic N) is 1. The van der Waals surface area contributed by atoms with E-state index in [1.54, 1.807) is 30.6 Å². The first-order chi connectivity index (χ1) is 15.2. The van der Waals surface area contributed by atoms with Crippen molar-refractivity contribution in [2.24, 2.45) is 0 Å². The van der Waals surface area contributed by atoms with Crippen molar-refractivity contribution in [3.8, 4) is 0 Å². The predicted octanol–water partition coefficient (Wildman–Crippen LogP) is 3.42. The third kappa shape index (κ3) is 4.54. The minimum atomic E-state index is -4.56. The van der Waals surface area contributed by atoms with Crippen LogP contribution < -0.4 is 10.2 Å². The van der Waals surface area contributed by atoms with Gasteiger partial charge in [0, 0.05) is 30.8 Å². The zero-order chi connectivity index (χ0) is 22.9. The van der Waals surface area contributed by atoms with Gasteiger partial charge in [0.15, 0.2) is 0 Å². The number of alkyl halides is 3. The number of halogens is 3. The highest BCUT2D eigenvalue weighted by Crippen LogP contribution is 2.33. The Morgan fingerprint density at radius 3 is 2.56 bits per heavy atom. The van der Waals surface area contributed by atoms with Crippen LogP contribution in [0.5, 0.6) is 0 Å². The summed E-state index contributed by atoms with van der Waals surface area (Å²) in [5.74, 6) is -0.814. The van der Waals surface area contributed by atoms with Crippen molar-refractivity contribution in [3.63, 3.8) is 0 Å². The van der Waals surface area contributed by atoms with Gasteiger partial charge in [0.25, 0.3) is 5.91 Å². The molecular weight excluding hydrogens is 423 g/mol.